The number of aromatic nitrogens is 2. The Hall–Kier alpha value is -2.38. The first-order valence-electron chi connectivity index (χ1n) is 5.80. The summed E-state index contributed by atoms with van der Waals surface area (Å²) >= 11 is 0. The van der Waals surface area contributed by atoms with Crippen molar-refractivity contribution >= 4 is 5.82 Å². The number of benzene rings is 1. The molecule has 4 N–H and O–H groups in total. The molecule has 8 heteroatoms. The van der Waals surface area contributed by atoms with Crippen LogP contribution in [-0.4, -0.2) is 16.0 Å². The quantitative estimate of drug-likeness (QED) is 0.849. The highest BCUT2D eigenvalue weighted by Gasteiger charge is 2.31. The van der Waals surface area contributed by atoms with Crippen molar-refractivity contribution in [2.24, 2.45) is 0 Å². The summed E-state index contributed by atoms with van der Waals surface area (Å²) in [6, 6.07) is 5.43. The van der Waals surface area contributed by atoms with Crippen LogP contribution < -0.4 is 16.3 Å². The van der Waals surface area contributed by atoms with Crippen LogP contribution in [0.2, 0.25) is 0 Å². The lowest BCUT2D eigenvalue weighted by molar-refractivity contribution is -0.274. The summed E-state index contributed by atoms with van der Waals surface area (Å²) in [6.45, 7) is 1.85. The molecule has 1 heterocycles. The molecule has 1 aromatic heterocycles. The van der Waals surface area contributed by atoms with Gasteiger partial charge in [0.15, 0.2) is 5.82 Å². The number of nitrogen functional groups attached to an aromatic ring is 2. The van der Waals surface area contributed by atoms with E-state index in [0.29, 0.717) is 23.5 Å². The molecule has 0 fully saturated rings. The third kappa shape index (κ3) is 2.79. The molecular weight excluding hydrogens is 273 g/mol. The van der Waals surface area contributed by atoms with E-state index in [1.165, 1.54) is 22.9 Å². The molecule has 5 nitrogen and oxygen atoms in total. The van der Waals surface area contributed by atoms with Crippen LogP contribution in [0.15, 0.2) is 24.3 Å². The summed E-state index contributed by atoms with van der Waals surface area (Å²) in [7, 11) is 0. The molecule has 2 rings (SSSR count). The molecule has 2 aromatic rings. The molecule has 0 aliphatic heterocycles. The van der Waals surface area contributed by atoms with E-state index in [4.69, 9.17) is 11.6 Å². The van der Waals surface area contributed by atoms with Crippen molar-refractivity contribution in [2.75, 3.05) is 11.6 Å². The second-order valence-corrected chi connectivity index (χ2v) is 4.06. The molecule has 0 atom stereocenters. The molecule has 0 radical (unpaired) electrons. The lowest BCUT2D eigenvalue weighted by Crippen LogP contribution is -2.17. The second-order valence-electron chi connectivity index (χ2n) is 4.06. The summed E-state index contributed by atoms with van der Waals surface area (Å²) in [5, 5.41) is 0. The van der Waals surface area contributed by atoms with Crippen LogP contribution in [-0.2, 0) is 6.42 Å². The topological polar surface area (TPSA) is 79.1 Å². The number of anilines is 1. The highest BCUT2D eigenvalue weighted by molar-refractivity contribution is 5.72. The lowest BCUT2D eigenvalue weighted by atomic mass is 10.1. The van der Waals surface area contributed by atoms with Gasteiger partial charge in [-0.3, -0.25) is 0 Å². The van der Waals surface area contributed by atoms with Crippen molar-refractivity contribution in [3.8, 4) is 17.0 Å². The zero-order valence-corrected chi connectivity index (χ0v) is 10.6. The van der Waals surface area contributed by atoms with Gasteiger partial charge in [-0.25, -0.2) is 9.66 Å². The van der Waals surface area contributed by atoms with Crippen molar-refractivity contribution in [1.29, 1.82) is 0 Å². The van der Waals surface area contributed by atoms with Crippen molar-refractivity contribution in [1.82, 2.24) is 9.66 Å². The third-order valence-corrected chi connectivity index (χ3v) is 2.68. The number of alkyl halides is 3. The minimum atomic E-state index is -4.74. The Morgan fingerprint density at radius 1 is 1.35 bits per heavy atom. The van der Waals surface area contributed by atoms with Gasteiger partial charge in [0.25, 0.3) is 0 Å². The zero-order chi connectivity index (χ0) is 14.9. The summed E-state index contributed by atoms with van der Waals surface area (Å²) in [4.78, 5) is 4.21. The number of hydrogen-bond donors (Lipinski definition) is 2. The number of nitrogens with two attached hydrogens (primary N) is 2. The van der Waals surface area contributed by atoms with E-state index in [-0.39, 0.29) is 11.6 Å². The number of halogens is 3. The number of imidazole rings is 1. The van der Waals surface area contributed by atoms with Crippen LogP contribution in [0.25, 0.3) is 11.3 Å². The minimum Gasteiger partial charge on any atom is -0.406 e. The van der Waals surface area contributed by atoms with Gasteiger partial charge >= 0.3 is 6.36 Å². The lowest BCUT2D eigenvalue weighted by Gasteiger charge is -2.09. The first kappa shape index (κ1) is 14.0. The Kier molecular flexibility index (Phi) is 3.47. The molecule has 0 saturated heterocycles. The molecule has 0 saturated carbocycles. The average molecular weight is 286 g/mol. The van der Waals surface area contributed by atoms with Crippen molar-refractivity contribution in [2.45, 2.75) is 19.7 Å². The van der Waals surface area contributed by atoms with Gasteiger partial charge in [0.1, 0.15) is 17.3 Å². The summed E-state index contributed by atoms with van der Waals surface area (Å²) < 4.78 is 41.6. The molecule has 0 bridgehead atoms. The van der Waals surface area contributed by atoms with E-state index >= 15 is 0 Å². The normalized spacial score (nSPS) is 11.6. The standard InChI is InChI=1S/C12H13F3N4O/c1-2-9-18-10(11(16)19(9)17)7-4-3-5-8(6-7)20-12(13,14)15/h3-6H,2,16-17H2,1H3. The van der Waals surface area contributed by atoms with Gasteiger partial charge in [0.05, 0.1) is 0 Å². The van der Waals surface area contributed by atoms with Crippen LogP contribution >= 0.6 is 0 Å². The summed E-state index contributed by atoms with van der Waals surface area (Å²) in [6.07, 6.45) is -4.19. The van der Waals surface area contributed by atoms with Crippen LogP contribution in [0.3, 0.4) is 0 Å². The predicted octanol–water partition coefficient (Wildman–Crippen LogP) is 2.31. The van der Waals surface area contributed by atoms with E-state index in [0.717, 1.165) is 0 Å². The maximum Gasteiger partial charge on any atom is 0.573 e. The van der Waals surface area contributed by atoms with Gasteiger partial charge in [-0.15, -0.1) is 13.2 Å². The number of rotatable bonds is 3. The Labute approximate surface area is 112 Å². The third-order valence-electron chi connectivity index (χ3n) is 2.68. The molecule has 20 heavy (non-hydrogen) atoms. The van der Waals surface area contributed by atoms with Crippen LogP contribution in [0.4, 0.5) is 19.0 Å². The van der Waals surface area contributed by atoms with E-state index in [1.54, 1.807) is 6.07 Å². The highest BCUT2D eigenvalue weighted by Crippen LogP contribution is 2.30. The Balaban J connectivity index is 2.41. The second kappa shape index (κ2) is 4.95. The van der Waals surface area contributed by atoms with E-state index in [2.05, 4.69) is 9.72 Å². The maximum absolute atomic E-state index is 12.2. The molecule has 1 aromatic carbocycles. The number of nitrogens with zero attached hydrogens (tertiary/aromatic N) is 2. The zero-order valence-electron chi connectivity index (χ0n) is 10.6. The largest absolute Gasteiger partial charge is 0.573 e. The van der Waals surface area contributed by atoms with E-state index < -0.39 is 6.36 Å². The van der Waals surface area contributed by atoms with Crippen LogP contribution in [0, 0.1) is 0 Å². The van der Waals surface area contributed by atoms with Gasteiger partial charge in [0, 0.05) is 12.0 Å². The van der Waals surface area contributed by atoms with E-state index in [1.807, 2.05) is 6.92 Å². The Bertz CT molecular complexity index is 622. The van der Waals surface area contributed by atoms with Gasteiger partial charge in [-0.2, -0.15) is 0 Å². The fourth-order valence-corrected chi connectivity index (χ4v) is 1.80. The fourth-order valence-electron chi connectivity index (χ4n) is 1.80. The van der Waals surface area contributed by atoms with Crippen molar-refractivity contribution in [3.05, 3.63) is 30.1 Å². The van der Waals surface area contributed by atoms with E-state index in [9.17, 15) is 13.2 Å². The smallest absolute Gasteiger partial charge is 0.406 e. The molecule has 0 amide bonds. The van der Waals surface area contributed by atoms with Crippen molar-refractivity contribution in [3.63, 3.8) is 0 Å². The van der Waals surface area contributed by atoms with Gasteiger partial charge < -0.3 is 16.3 Å². The molecule has 0 unspecified atom stereocenters. The SMILES string of the molecule is CCc1nc(-c2cccc(OC(F)(F)F)c2)c(N)n1N. The van der Waals surface area contributed by atoms with Crippen LogP contribution in [0.1, 0.15) is 12.7 Å². The number of aryl methyl sites for hydroxylation is 1. The average Bonchev–Trinajstić information content (AvgIpc) is 2.64. The number of ether oxygens (including phenoxy) is 1. The number of hydrogen-bond acceptors (Lipinski definition) is 4. The molecule has 0 spiro atoms. The molecule has 108 valence electrons. The molecular formula is C12H13F3N4O. The minimum absolute atomic E-state index is 0.186. The van der Waals surface area contributed by atoms with Crippen LogP contribution in [0.5, 0.6) is 5.75 Å². The maximum atomic E-state index is 12.2. The first-order chi connectivity index (χ1) is 9.31. The van der Waals surface area contributed by atoms with Gasteiger partial charge in [0.2, 0.25) is 0 Å². The van der Waals surface area contributed by atoms with Gasteiger partial charge in [-0.05, 0) is 12.1 Å². The Morgan fingerprint density at radius 2 is 2.05 bits per heavy atom. The predicted molar refractivity (Wildman–Crippen MR) is 68.3 cm³/mol. The molecule has 0 aliphatic rings. The molecule has 0 aliphatic carbocycles. The first-order valence-corrected chi connectivity index (χ1v) is 5.80. The monoisotopic (exact) mass is 286 g/mol. The van der Waals surface area contributed by atoms with Crippen molar-refractivity contribution < 1.29 is 17.9 Å². The van der Waals surface area contributed by atoms with Gasteiger partial charge in [-0.1, -0.05) is 19.1 Å². The summed E-state index contributed by atoms with van der Waals surface area (Å²) in [5.41, 5.74) is 6.54. The highest BCUT2D eigenvalue weighted by atomic mass is 19.4. The summed E-state index contributed by atoms with van der Waals surface area (Å²) in [5.74, 6) is 6.10. The fraction of sp³-hybridized carbons (Fsp3) is 0.250. The Morgan fingerprint density at radius 3 is 2.60 bits per heavy atom.